The number of rotatable bonds is 1. The van der Waals surface area contributed by atoms with Crippen molar-refractivity contribution in [3.05, 3.63) is 0 Å². The van der Waals surface area contributed by atoms with Crippen LogP contribution in [-0.2, 0) is 9.53 Å². The van der Waals surface area contributed by atoms with Crippen LogP contribution in [0.25, 0.3) is 0 Å². The maximum absolute atomic E-state index is 12.5. The maximum atomic E-state index is 12.5. The minimum absolute atomic E-state index is 0.0185. The molecule has 0 spiro atoms. The predicted molar refractivity (Wildman–Crippen MR) is 37.7 cm³/mol. The SMILES string of the molecule is C[C@]1(C(N)=O)CCC(F)(F)CO1. The fourth-order valence-electron chi connectivity index (χ4n) is 1.02. The van der Waals surface area contributed by atoms with E-state index in [0.717, 1.165) is 0 Å². The molecule has 1 saturated heterocycles. The average molecular weight is 179 g/mol. The number of hydrogen-bond donors (Lipinski definition) is 1. The van der Waals surface area contributed by atoms with Gasteiger partial charge in [0.1, 0.15) is 12.2 Å². The van der Waals surface area contributed by atoms with Gasteiger partial charge in [-0.25, -0.2) is 8.78 Å². The molecular weight excluding hydrogens is 168 g/mol. The van der Waals surface area contributed by atoms with Crippen molar-refractivity contribution in [3.8, 4) is 0 Å². The molecule has 5 heteroatoms. The Kier molecular flexibility index (Phi) is 2.07. The van der Waals surface area contributed by atoms with Gasteiger partial charge in [0, 0.05) is 6.42 Å². The van der Waals surface area contributed by atoms with Crippen LogP contribution in [-0.4, -0.2) is 24.0 Å². The summed E-state index contributed by atoms with van der Waals surface area (Å²) < 4.78 is 29.8. The van der Waals surface area contributed by atoms with Gasteiger partial charge in [-0.2, -0.15) is 0 Å². The summed E-state index contributed by atoms with van der Waals surface area (Å²) in [7, 11) is 0. The number of primary amides is 1. The number of carbonyl (C=O) groups excluding carboxylic acids is 1. The molecule has 0 aromatic heterocycles. The second-order valence-corrected chi connectivity index (χ2v) is 3.24. The zero-order valence-corrected chi connectivity index (χ0v) is 6.77. The third-order valence-corrected chi connectivity index (χ3v) is 2.09. The van der Waals surface area contributed by atoms with Crippen LogP contribution >= 0.6 is 0 Å². The summed E-state index contributed by atoms with van der Waals surface area (Å²) in [4.78, 5) is 10.7. The number of amides is 1. The van der Waals surface area contributed by atoms with Crippen LogP contribution in [0.15, 0.2) is 0 Å². The lowest BCUT2D eigenvalue weighted by Gasteiger charge is -2.34. The summed E-state index contributed by atoms with van der Waals surface area (Å²) >= 11 is 0. The number of alkyl halides is 2. The topological polar surface area (TPSA) is 52.3 Å². The number of ether oxygens (including phenoxy) is 1. The molecule has 1 aliphatic heterocycles. The lowest BCUT2D eigenvalue weighted by molar-refractivity contribution is -0.187. The van der Waals surface area contributed by atoms with E-state index in [1.54, 1.807) is 0 Å². The van der Waals surface area contributed by atoms with Gasteiger partial charge >= 0.3 is 0 Å². The fourth-order valence-corrected chi connectivity index (χ4v) is 1.02. The van der Waals surface area contributed by atoms with Crippen LogP contribution in [0.2, 0.25) is 0 Å². The standard InChI is InChI=1S/C7H11F2NO2/c1-6(5(10)11)2-3-7(8,9)4-12-6/h2-4H2,1H3,(H2,10,11)/t6-/m1/s1. The van der Waals surface area contributed by atoms with Crippen molar-refractivity contribution in [1.82, 2.24) is 0 Å². The number of halogens is 2. The van der Waals surface area contributed by atoms with E-state index < -0.39 is 24.0 Å². The van der Waals surface area contributed by atoms with E-state index >= 15 is 0 Å². The predicted octanol–water partition coefficient (Wildman–Crippen LogP) is 0.676. The van der Waals surface area contributed by atoms with Crippen molar-refractivity contribution in [1.29, 1.82) is 0 Å². The summed E-state index contributed by atoms with van der Waals surface area (Å²) in [6.07, 6.45) is -0.359. The van der Waals surface area contributed by atoms with E-state index in [2.05, 4.69) is 0 Å². The van der Waals surface area contributed by atoms with Crippen molar-refractivity contribution in [3.63, 3.8) is 0 Å². The van der Waals surface area contributed by atoms with Gasteiger partial charge in [-0.3, -0.25) is 4.79 Å². The molecule has 1 aliphatic rings. The van der Waals surface area contributed by atoms with Gasteiger partial charge in [0.2, 0.25) is 5.91 Å². The first-order valence-electron chi connectivity index (χ1n) is 3.67. The van der Waals surface area contributed by atoms with Gasteiger partial charge in [-0.1, -0.05) is 0 Å². The Labute approximate surface area is 68.9 Å². The van der Waals surface area contributed by atoms with Gasteiger partial charge in [0.05, 0.1) is 0 Å². The first-order chi connectivity index (χ1) is 5.36. The van der Waals surface area contributed by atoms with Crippen molar-refractivity contribution in [2.24, 2.45) is 5.73 Å². The van der Waals surface area contributed by atoms with Crippen LogP contribution < -0.4 is 5.73 Å². The van der Waals surface area contributed by atoms with Crippen molar-refractivity contribution >= 4 is 5.91 Å². The Bertz CT molecular complexity index is 196. The highest BCUT2D eigenvalue weighted by atomic mass is 19.3. The van der Waals surface area contributed by atoms with Gasteiger partial charge in [-0.15, -0.1) is 0 Å². The first kappa shape index (κ1) is 9.38. The average Bonchev–Trinajstić information content (AvgIpc) is 1.96. The minimum atomic E-state index is -2.81. The van der Waals surface area contributed by atoms with E-state index in [1.165, 1.54) is 6.92 Å². The largest absolute Gasteiger partial charge is 0.367 e. The molecule has 1 atom stereocenters. The zero-order valence-electron chi connectivity index (χ0n) is 6.77. The maximum Gasteiger partial charge on any atom is 0.271 e. The van der Waals surface area contributed by atoms with Crippen LogP contribution in [0.3, 0.4) is 0 Å². The summed E-state index contributed by atoms with van der Waals surface area (Å²) in [5.74, 6) is -3.49. The van der Waals surface area contributed by atoms with Gasteiger partial charge < -0.3 is 10.5 Å². The molecule has 0 radical (unpaired) electrons. The Morgan fingerprint density at radius 2 is 2.08 bits per heavy atom. The lowest BCUT2D eigenvalue weighted by Crippen LogP contribution is -2.50. The molecule has 2 N–H and O–H groups in total. The minimum Gasteiger partial charge on any atom is -0.367 e. The Morgan fingerprint density at radius 3 is 2.42 bits per heavy atom. The molecule has 0 aromatic rings. The lowest BCUT2D eigenvalue weighted by atomic mass is 9.94. The Balaban J connectivity index is 2.62. The quantitative estimate of drug-likeness (QED) is 0.643. The Morgan fingerprint density at radius 1 is 1.50 bits per heavy atom. The molecule has 0 aliphatic carbocycles. The molecule has 0 aromatic carbocycles. The van der Waals surface area contributed by atoms with Gasteiger partial charge in [-0.05, 0) is 13.3 Å². The molecule has 0 bridgehead atoms. The van der Waals surface area contributed by atoms with E-state index in [0.29, 0.717) is 0 Å². The normalized spacial score (nSPS) is 34.6. The van der Waals surface area contributed by atoms with Gasteiger partial charge in [0.15, 0.2) is 0 Å². The highest BCUT2D eigenvalue weighted by molar-refractivity contribution is 5.83. The van der Waals surface area contributed by atoms with E-state index in [4.69, 9.17) is 10.5 Å². The van der Waals surface area contributed by atoms with E-state index in [1.807, 2.05) is 0 Å². The molecule has 0 unspecified atom stereocenters. The highest BCUT2D eigenvalue weighted by Crippen LogP contribution is 2.33. The molecule has 70 valence electrons. The van der Waals surface area contributed by atoms with Crippen molar-refractivity contribution < 1.29 is 18.3 Å². The second-order valence-electron chi connectivity index (χ2n) is 3.24. The molecule has 1 amide bonds. The monoisotopic (exact) mass is 179 g/mol. The summed E-state index contributed by atoms with van der Waals surface area (Å²) in [5.41, 5.74) is 3.77. The van der Waals surface area contributed by atoms with Gasteiger partial charge in [0.25, 0.3) is 5.92 Å². The third-order valence-electron chi connectivity index (χ3n) is 2.09. The molecule has 1 heterocycles. The summed E-state index contributed by atoms with van der Waals surface area (Å²) in [6, 6.07) is 0. The smallest absolute Gasteiger partial charge is 0.271 e. The Hall–Kier alpha value is -0.710. The second kappa shape index (κ2) is 2.65. The molecule has 12 heavy (non-hydrogen) atoms. The zero-order chi connectivity index (χ0) is 9.41. The number of carbonyl (C=O) groups is 1. The third kappa shape index (κ3) is 1.72. The number of hydrogen-bond acceptors (Lipinski definition) is 2. The number of nitrogens with two attached hydrogens (primary N) is 1. The van der Waals surface area contributed by atoms with E-state index in [-0.39, 0.29) is 12.8 Å². The summed E-state index contributed by atoms with van der Waals surface area (Å²) in [6.45, 7) is 0.719. The highest BCUT2D eigenvalue weighted by Gasteiger charge is 2.44. The molecule has 1 rings (SSSR count). The van der Waals surface area contributed by atoms with Crippen LogP contribution in [0.4, 0.5) is 8.78 Å². The molecule has 3 nitrogen and oxygen atoms in total. The molecule has 0 saturated carbocycles. The molecule has 1 fully saturated rings. The van der Waals surface area contributed by atoms with Crippen LogP contribution in [0, 0.1) is 0 Å². The van der Waals surface area contributed by atoms with E-state index in [9.17, 15) is 13.6 Å². The van der Waals surface area contributed by atoms with Crippen molar-refractivity contribution in [2.45, 2.75) is 31.3 Å². The summed E-state index contributed by atoms with van der Waals surface area (Å²) in [5, 5.41) is 0. The van der Waals surface area contributed by atoms with Crippen molar-refractivity contribution in [2.75, 3.05) is 6.61 Å². The molecular formula is C7H11F2NO2. The first-order valence-corrected chi connectivity index (χ1v) is 3.67. The van der Waals surface area contributed by atoms with Crippen LogP contribution in [0.1, 0.15) is 19.8 Å². The fraction of sp³-hybridized carbons (Fsp3) is 0.857. The van der Waals surface area contributed by atoms with Crippen LogP contribution in [0.5, 0.6) is 0 Å².